The number of carbonyl (C=O) groups is 1. The van der Waals surface area contributed by atoms with Gasteiger partial charge in [-0.2, -0.15) is 0 Å². The van der Waals surface area contributed by atoms with Crippen LogP contribution in [0, 0.1) is 0 Å². The molecule has 1 aromatic heterocycles. The van der Waals surface area contributed by atoms with Crippen LogP contribution in [0.15, 0.2) is 24.5 Å². The van der Waals surface area contributed by atoms with Crippen LogP contribution in [0.4, 0.5) is 4.79 Å². The lowest BCUT2D eigenvalue weighted by molar-refractivity contribution is 0.234. The monoisotopic (exact) mass is 221 g/mol. The molecular weight excluding hydrogens is 202 g/mol. The molecule has 0 aromatic carbocycles. The van der Waals surface area contributed by atoms with Crippen molar-refractivity contribution >= 4 is 6.03 Å². The average molecular weight is 221 g/mol. The minimum Gasteiger partial charge on any atom is -0.336 e. The molecule has 4 nitrogen and oxygen atoms in total. The van der Waals surface area contributed by atoms with Gasteiger partial charge in [-0.05, 0) is 31.9 Å². The van der Waals surface area contributed by atoms with Crippen LogP contribution in [-0.2, 0) is 0 Å². The number of nitrogens with one attached hydrogen (secondary N) is 2. The maximum atomic E-state index is 11.6. The second kappa shape index (κ2) is 6.10. The molecule has 0 fully saturated rings. The Hall–Kier alpha value is -1.58. The van der Waals surface area contributed by atoms with Crippen LogP contribution in [0.25, 0.3) is 0 Å². The van der Waals surface area contributed by atoms with Gasteiger partial charge >= 0.3 is 6.03 Å². The fourth-order valence-corrected chi connectivity index (χ4v) is 1.28. The van der Waals surface area contributed by atoms with Crippen molar-refractivity contribution < 1.29 is 4.79 Å². The molecule has 0 aliphatic heterocycles. The summed E-state index contributed by atoms with van der Waals surface area (Å²) in [4.78, 5) is 15.6. The van der Waals surface area contributed by atoms with Gasteiger partial charge in [-0.15, -0.1) is 0 Å². The van der Waals surface area contributed by atoms with Gasteiger partial charge in [0.05, 0.1) is 6.04 Å². The number of rotatable bonds is 4. The maximum Gasteiger partial charge on any atom is 0.315 e. The van der Waals surface area contributed by atoms with Gasteiger partial charge in [0.25, 0.3) is 0 Å². The fraction of sp³-hybridized carbons (Fsp3) is 0.500. The lowest BCUT2D eigenvalue weighted by atomic mass is 10.1. The van der Waals surface area contributed by atoms with Crippen molar-refractivity contribution in [3.05, 3.63) is 30.1 Å². The van der Waals surface area contributed by atoms with Gasteiger partial charge in [0, 0.05) is 18.4 Å². The summed E-state index contributed by atoms with van der Waals surface area (Å²) in [5.74, 6) is 0. The molecule has 4 heteroatoms. The van der Waals surface area contributed by atoms with Crippen molar-refractivity contribution in [2.24, 2.45) is 0 Å². The first-order valence-corrected chi connectivity index (χ1v) is 5.60. The highest BCUT2D eigenvalue weighted by atomic mass is 16.2. The van der Waals surface area contributed by atoms with Gasteiger partial charge in [0.15, 0.2) is 0 Å². The second-order valence-electron chi connectivity index (χ2n) is 3.94. The van der Waals surface area contributed by atoms with Crippen LogP contribution in [0.2, 0.25) is 0 Å². The third-order valence-corrected chi connectivity index (χ3v) is 2.52. The number of hydrogen-bond acceptors (Lipinski definition) is 2. The van der Waals surface area contributed by atoms with Crippen LogP contribution in [0.5, 0.6) is 0 Å². The van der Waals surface area contributed by atoms with Crippen LogP contribution in [0.3, 0.4) is 0 Å². The SMILES string of the molecule is CC[C@@H](C)NC(=O)N[C@@H](C)c1cccnc1. The third kappa shape index (κ3) is 3.88. The quantitative estimate of drug-likeness (QED) is 0.819. The van der Waals surface area contributed by atoms with Crippen molar-refractivity contribution in [1.82, 2.24) is 15.6 Å². The number of hydrogen-bond donors (Lipinski definition) is 2. The number of urea groups is 1. The first-order valence-electron chi connectivity index (χ1n) is 5.60. The predicted molar refractivity (Wildman–Crippen MR) is 64.1 cm³/mol. The van der Waals surface area contributed by atoms with Crippen molar-refractivity contribution in [3.8, 4) is 0 Å². The molecule has 1 aromatic rings. The van der Waals surface area contributed by atoms with Gasteiger partial charge in [-0.25, -0.2) is 4.79 Å². The number of pyridine rings is 1. The molecular formula is C12H19N3O. The Labute approximate surface area is 96.5 Å². The molecule has 0 radical (unpaired) electrons. The van der Waals surface area contributed by atoms with Crippen molar-refractivity contribution in [3.63, 3.8) is 0 Å². The maximum absolute atomic E-state index is 11.6. The normalized spacial score (nSPS) is 13.9. The third-order valence-electron chi connectivity index (χ3n) is 2.52. The average Bonchev–Trinajstić information content (AvgIpc) is 2.29. The van der Waals surface area contributed by atoms with E-state index in [9.17, 15) is 4.79 Å². The molecule has 0 unspecified atom stereocenters. The van der Waals surface area contributed by atoms with E-state index < -0.39 is 0 Å². The Kier molecular flexibility index (Phi) is 4.76. The van der Waals surface area contributed by atoms with Crippen molar-refractivity contribution in [1.29, 1.82) is 0 Å². The highest BCUT2D eigenvalue weighted by molar-refractivity contribution is 5.74. The largest absolute Gasteiger partial charge is 0.336 e. The second-order valence-corrected chi connectivity index (χ2v) is 3.94. The van der Waals surface area contributed by atoms with E-state index in [1.54, 1.807) is 12.4 Å². The van der Waals surface area contributed by atoms with E-state index in [2.05, 4.69) is 15.6 Å². The minimum absolute atomic E-state index is 0.0299. The zero-order valence-electron chi connectivity index (χ0n) is 10.0. The first kappa shape index (κ1) is 12.5. The van der Waals surface area contributed by atoms with E-state index in [0.29, 0.717) is 0 Å². The van der Waals surface area contributed by atoms with Gasteiger partial charge < -0.3 is 10.6 Å². The number of amides is 2. The highest BCUT2D eigenvalue weighted by Crippen LogP contribution is 2.09. The highest BCUT2D eigenvalue weighted by Gasteiger charge is 2.10. The molecule has 1 heterocycles. The Bertz CT molecular complexity index is 326. The van der Waals surface area contributed by atoms with E-state index >= 15 is 0 Å². The summed E-state index contributed by atoms with van der Waals surface area (Å²) in [7, 11) is 0. The Morgan fingerprint density at radius 3 is 2.75 bits per heavy atom. The van der Waals surface area contributed by atoms with Gasteiger partial charge in [0.2, 0.25) is 0 Å². The van der Waals surface area contributed by atoms with E-state index in [-0.39, 0.29) is 18.1 Å². The smallest absolute Gasteiger partial charge is 0.315 e. The molecule has 16 heavy (non-hydrogen) atoms. The zero-order chi connectivity index (χ0) is 12.0. The van der Waals surface area contributed by atoms with Gasteiger partial charge in [-0.1, -0.05) is 13.0 Å². The molecule has 0 aliphatic rings. The Balaban J connectivity index is 2.46. The summed E-state index contributed by atoms with van der Waals surface area (Å²) in [6.45, 7) is 5.96. The standard InChI is InChI=1S/C12H19N3O/c1-4-9(2)14-12(16)15-10(3)11-6-5-7-13-8-11/h5-10H,4H2,1-3H3,(H2,14,15,16)/t9-,10+/m1/s1. The van der Waals surface area contributed by atoms with Crippen molar-refractivity contribution in [2.45, 2.75) is 39.3 Å². The predicted octanol–water partition coefficient (Wildman–Crippen LogP) is 2.24. The van der Waals surface area contributed by atoms with Gasteiger partial charge in [0.1, 0.15) is 0 Å². The van der Waals surface area contributed by atoms with Crippen LogP contribution >= 0.6 is 0 Å². The molecule has 1 rings (SSSR count). The molecule has 0 saturated heterocycles. The van der Waals surface area contributed by atoms with Crippen LogP contribution < -0.4 is 10.6 Å². The van der Waals surface area contributed by atoms with E-state index in [0.717, 1.165) is 12.0 Å². The molecule has 0 spiro atoms. The van der Waals surface area contributed by atoms with E-state index in [1.807, 2.05) is 32.9 Å². The number of aromatic nitrogens is 1. The summed E-state index contributed by atoms with van der Waals surface area (Å²) in [5, 5.41) is 5.73. The minimum atomic E-state index is -0.134. The Morgan fingerprint density at radius 1 is 1.44 bits per heavy atom. The molecule has 0 bridgehead atoms. The first-order chi connectivity index (χ1) is 7.63. The zero-order valence-corrected chi connectivity index (χ0v) is 10.0. The molecule has 88 valence electrons. The summed E-state index contributed by atoms with van der Waals surface area (Å²) in [6, 6.07) is 3.84. The van der Waals surface area contributed by atoms with Crippen LogP contribution in [0.1, 0.15) is 38.8 Å². The van der Waals surface area contributed by atoms with Gasteiger partial charge in [-0.3, -0.25) is 4.98 Å². The number of carbonyl (C=O) groups excluding carboxylic acids is 1. The summed E-state index contributed by atoms with van der Waals surface area (Å²) >= 11 is 0. The van der Waals surface area contributed by atoms with Crippen LogP contribution in [-0.4, -0.2) is 17.1 Å². The molecule has 2 amide bonds. The summed E-state index contributed by atoms with van der Waals surface area (Å²) in [6.07, 6.45) is 4.40. The number of nitrogens with zero attached hydrogens (tertiary/aromatic N) is 1. The van der Waals surface area contributed by atoms with E-state index in [4.69, 9.17) is 0 Å². The molecule has 0 aliphatic carbocycles. The van der Waals surface area contributed by atoms with Crippen molar-refractivity contribution in [2.75, 3.05) is 0 Å². The molecule has 2 atom stereocenters. The molecule has 0 saturated carbocycles. The fourth-order valence-electron chi connectivity index (χ4n) is 1.28. The van der Waals surface area contributed by atoms with E-state index in [1.165, 1.54) is 0 Å². The topological polar surface area (TPSA) is 54.0 Å². The molecule has 2 N–H and O–H groups in total. The Morgan fingerprint density at radius 2 is 2.19 bits per heavy atom. The lowest BCUT2D eigenvalue weighted by Crippen LogP contribution is -2.41. The summed E-state index contributed by atoms with van der Waals surface area (Å²) < 4.78 is 0. The summed E-state index contributed by atoms with van der Waals surface area (Å²) in [5.41, 5.74) is 1.00. The lowest BCUT2D eigenvalue weighted by Gasteiger charge is -2.17.